The van der Waals surface area contributed by atoms with E-state index in [0.717, 1.165) is 6.42 Å². The Morgan fingerprint density at radius 3 is 2.35 bits per heavy atom. The first-order valence-electron chi connectivity index (χ1n) is 13.0. The Kier molecular flexibility index (Phi) is 6.87. The maximum Gasteiger partial charge on any atom is 0.306 e. The van der Waals surface area contributed by atoms with Crippen LogP contribution in [0.4, 0.5) is 0 Å². The Bertz CT molecular complexity index is 1120. The number of hydrogen-bond acceptors (Lipinski definition) is 8. The highest BCUT2D eigenvalue weighted by Crippen LogP contribution is 2.74. The summed E-state index contributed by atoms with van der Waals surface area (Å²) in [4.78, 5) is 22.2. The largest absolute Gasteiger partial charge is 0.468 e. The first kappa shape index (κ1) is 25.9. The monoisotopic (exact) mass is 509 g/mol. The van der Waals surface area contributed by atoms with Crippen LogP contribution >= 0.6 is 0 Å². The van der Waals surface area contributed by atoms with Gasteiger partial charge >= 0.3 is 5.97 Å². The molecule has 0 bridgehead atoms. The number of benzene rings is 2. The predicted octanol–water partition coefficient (Wildman–Crippen LogP) is 2.67. The lowest BCUT2D eigenvalue weighted by atomic mass is 9.88. The molecule has 3 aliphatic carbocycles. The highest BCUT2D eigenvalue weighted by atomic mass is 16.5. The van der Waals surface area contributed by atoms with Crippen LogP contribution in [-0.4, -0.2) is 65.8 Å². The summed E-state index contributed by atoms with van der Waals surface area (Å²) in [6.45, 7) is 3.64. The molecule has 2 saturated carbocycles. The molecule has 5 atom stereocenters. The van der Waals surface area contributed by atoms with E-state index >= 15 is 0 Å². The van der Waals surface area contributed by atoms with Crippen molar-refractivity contribution in [2.75, 3.05) is 19.8 Å². The fourth-order valence-electron chi connectivity index (χ4n) is 6.81. The highest BCUT2D eigenvalue weighted by molar-refractivity contribution is 5.79. The summed E-state index contributed by atoms with van der Waals surface area (Å²) in [7, 11) is 0. The van der Waals surface area contributed by atoms with E-state index < -0.39 is 22.7 Å². The van der Waals surface area contributed by atoms with E-state index in [0.29, 0.717) is 38.9 Å². The summed E-state index contributed by atoms with van der Waals surface area (Å²) in [6, 6.07) is 16.5. The number of nitrogens with two attached hydrogens (primary N) is 1. The standard InChI is InChI=1S/C25H26O5.C4H9NO2/c1-15-10-24(27)13-23(14-25(23,28)22(24)30-15)11-21(26)29-12-20-18-8-4-2-6-16(18)17-7-3-5-9-19(17)20;5-2-1-3-7-4-6/h2-9,15,20,22,27-28H,10-14H2,1H3;4H,1-3,5H2/t15-,22-,23+,24+,25-;/m0./s1. The highest BCUT2D eigenvalue weighted by Gasteiger charge is 2.83. The minimum atomic E-state index is -1.11. The van der Waals surface area contributed by atoms with Crippen LogP contribution in [0.2, 0.25) is 0 Å². The number of carbonyl (C=O) groups excluding carboxylic acids is 2. The molecule has 1 saturated heterocycles. The zero-order valence-corrected chi connectivity index (χ0v) is 21.1. The van der Waals surface area contributed by atoms with E-state index in [1.807, 2.05) is 31.2 Å². The molecule has 1 aliphatic heterocycles. The molecule has 198 valence electrons. The molecule has 8 heteroatoms. The lowest BCUT2D eigenvalue weighted by molar-refractivity contribution is -0.146. The van der Waals surface area contributed by atoms with Gasteiger partial charge in [-0.15, -0.1) is 0 Å². The van der Waals surface area contributed by atoms with Crippen molar-refractivity contribution in [2.45, 2.75) is 68.4 Å². The first-order valence-corrected chi connectivity index (χ1v) is 13.0. The summed E-state index contributed by atoms with van der Waals surface area (Å²) in [6.07, 6.45) is 1.60. The molecule has 37 heavy (non-hydrogen) atoms. The molecule has 4 aliphatic rings. The third-order valence-corrected chi connectivity index (χ3v) is 8.37. The average molecular weight is 510 g/mol. The Hall–Kier alpha value is -2.78. The minimum absolute atomic E-state index is 0.0215. The lowest BCUT2D eigenvalue weighted by Gasteiger charge is -2.25. The van der Waals surface area contributed by atoms with Crippen LogP contribution < -0.4 is 5.73 Å². The minimum Gasteiger partial charge on any atom is -0.468 e. The fraction of sp³-hybridized carbons (Fsp3) is 0.517. The van der Waals surface area contributed by atoms with E-state index in [9.17, 15) is 19.8 Å². The summed E-state index contributed by atoms with van der Waals surface area (Å²) < 4.78 is 15.9. The number of esters is 1. The molecule has 0 unspecified atom stereocenters. The van der Waals surface area contributed by atoms with E-state index in [2.05, 4.69) is 29.0 Å². The van der Waals surface area contributed by atoms with Crippen molar-refractivity contribution in [1.82, 2.24) is 0 Å². The molecule has 0 radical (unpaired) electrons. The van der Waals surface area contributed by atoms with Gasteiger partial charge in [-0.1, -0.05) is 48.5 Å². The van der Waals surface area contributed by atoms with Crippen molar-refractivity contribution in [1.29, 1.82) is 0 Å². The summed E-state index contributed by atoms with van der Waals surface area (Å²) in [5.74, 6) is -0.294. The van der Waals surface area contributed by atoms with Gasteiger partial charge in [0.2, 0.25) is 0 Å². The van der Waals surface area contributed by atoms with Crippen LogP contribution in [0.5, 0.6) is 0 Å². The van der Waals surface area contributed by atoms with Crippen LogP contribution in [0.25, 0.3) is 11.1 Å². The fourth-order valence-corrected chi connectivity index (χ4v) is 6.81. The van der Waals surface area contributed by atoms with Gasteiger partial charge in [0.25, 0.3) is 6.47 Å². The van der Waals surface area contributed by atoms with Gasteiger partial charge in [0.15, 0.2) is 0 Å². The Labute approximate surface area is 216 Å². The molecule has 2 aromatic carbocycles. The topological polar surface area (TPSA) is 128 Å². The van der Waals surface area contributed by atoms with Crippen LogP contribution in [-0.2, 0) is 23.8 Å². The number of rotatable bonds is 8. The van der Waals surface area contributed by atoms with Crippen molar-refractivity contribution in [2.24, 2.45) is 11.1 Å². The Balaban J connectivity index is 0.000000355. The molecule has 6 rings (SSSR count). The normalized spacial score (nSPS) is 32.3. The second-order valence-corrected chi connectivity index (χ2v) is 10.9. The van der Waals surface area contributed by atoms with E-state index in [1.165, 1.54) is 22.3 Å². The second-order valence-electron chi connectivity index (χ2n) is 10.9. The van der Waals surface area contributed by atoms with E-state index in [4.69, 9.17) is 15.2 Å². The quantitative estimate of drug-likeness (QED) is 0.282. The molecule has 0 aromatic heterocycles. The van der Waals surface area contributed by atoms with Crippen LogP contribution in [0.3, 0.4) is 0 Å². The third-order valence-electron chi connectivity index (χ3n) is 8.37. The number of ether oxygens (including phenoxy) is 3. The van der Waals surface area contributed by atoms with Crippen molar-refractivity contribution < 1.29 is 34.0 Å². The maximum absolute atomic E-state index is 12.8. The molecule has 4 N–H and O–H groups in total. The van der Waals surface area contributed by atoms with Crippen LogP contribution in [0.15, 0.2) is 48.5 Å². The van der Waals surface area contributed by atoms with Crippen molar-refractivity contribution in [3.05, 3.63) is 59.7 Å². The first-order chi connectivity index (χ1) is 17.8. The van der Waals surface area contributed by atoms with Crippen LogP contribution in [0.1, 0.15) is 56.1 Å². The number of aliphatic hydroxyl groups is 2. The van der Waals surface area contributed by atoms with Crippen LogP contribution in [0, 0.1) is 5.41 Å². The van der Waals surface area contributed by atoms with Gasteiger partial charge in [0.1, 0.15) is 18.3 Å². The van der Waals surface area contributed by atoms with Gasteiger partial charge < -0.3 is 30.2 Å². The third kappa shape index (κ3) is 4.46. The van der Waals surface area contributed by atoms with E-state index in [1.54, 1.807) is 0 Å². The zero-order chi connectivity index (χ0) is 26.3. The number of hydrogen-bond donors (Lipinski definition) is 3. The Morgan fingerprint density at radius 1 is 1.11 bits per heavy atom. The zero-order valence-electron chi connectivity index (χ0n) is 21.1. The molecule has 0 amide bonds. The molecule has 0 spiro atoms. The summed E-state index contributed by atoms with van der Waals surface area (Å²) >= 11 is 0. The van der Waals surface area contributed by atoms with Crippen molar-refractivity contribution in [3.63, 3.8) is 0 Å². The second kappa shape index (κ2) is 9.83. The molecule has 3 fully saturated rings. The molecular formula is C29H35NO7. The van der Waals surface area contributed by atoms with E-state index in [-0.39, 0.29) is 31.0 Å². The maximum atomic E-state index is 12.8. The van der Waals surface area contributed by atoms with Gasteiger partial charge in [-0.25, -0.2) is 0 Å². The van der Waals surface area contributed by atoms with Gasteiger partial charge in [0, 0.05) is 17.8 Å². The Morgan fingerprint density at radius 2 is 1.76 bits per heavy atom. The van der Waals surface area contributed by atoms with Crippen molar-refractivity contribution in [3.8, 4) is 11.1 Å². The smallest absolute Gasteiger partial charge is 0.306 e. The lowest BCUT2D eigenvalue weighted by Crippen LogP contribution is -2.42. The number of fused-ring (bicyclic) bond motifs is 6. The van der Waals surface area contributed by atoms with Crippen molar-refractivity contribution >= 4 is 12.4 Å². The molecule has 2 aromatic rings. The average Bonchev–Trinajstić information content (AvgIpc) is 3.09. The predicted molar refractivity (Wildman–Crippen MR) is 136 cm³/mol. The molecular weight excluding hydrogens is 474 g/mol. The molecule has 1 heterocycles. The van der Waals surface area contributed by atoms with Gasteiger partial charge in [-0.2, -0.15) is 0 Å². The SMILES string of the molecule is C[C@H]1C[C@@]2(O)C[C@]3(CC(=O)OCC4c5ccccc5-c5ccccc54)C[C@]3(O)[C@H]2O1.NCCCOC=O. The summed E-state index contributed by atoms with van der Waals surface area (Å²) in [5, 5.41) is 22.0. The van der Waals surface area contributed by atoms with Gasteiger partial charge in [-0.3, -0.25) is 9.59 Å². The summed E-state index contributed by atoms with van der Waals surface area (Å²) in [5.41, 5.74) is 7.06. The number of carbonyl (C=O) groups is 2. The van der Waals surface area contributed by atoms with Gasteiger partial charge in [-0.05, 0) is 55.0 Å². The molecule has 8 nitrogen and oxygen atoms in total. The van der Waals surface area contributed by atoms with Gasteiger partial charge in [0.05, 0.1) is 24.7 Å².